The first-order valence-electron chi connectivity index (χ1n) is 12.7. The lowest BCUT2D eigenvalue weighted by Gasteiger charge is -2.53. The van der Waals surface area contributed by atoms with Crippen molar-refractivity contribution in [1.82, 2.24) is 34.3 Å². The molecule has 0 radical (unpaired) electrons. The summed E-state index contributed by atoms with van der Waals surface area (Å²) in [5.41, 5.74) is 0.827. The van der Waals surface area contributed by atoms with Crippen LogP contribution in [0.3, 0.4) is 0 Å². The van der Waals surface area contributed by atoms with Crippen molar-refractivity contribution in [3.63, 3.8) is 0 Å². The minimum Gasteiger partial charge on any atom is -0.346 e. The van der Waals surface area contributed by atoms with Gasteiger partial charge in [0.05, 0.1) is 29.3 Å². The molecule has 200 valence electrons. The van der Waals surface area contributed by atoms with Crippen molar-refractivity contribution in [3.8, 4) is 17.3 Å². The lowest BCUT2D eigenvalue weighted by atomic mass is 9.69. The molecule has 12 heteroatoms. The summed E-state index contributed by atoms with van der Waals surface area (Å²) in [5.74, 6) is -1.87. The van der Waals surface area contributed by atoms with Crippen LogP contribution in [0.2, 0.25) is 0 Å². The predicted octanol–water partition coefficient (Wildman–Crippen LogP) is 4.13. The molecule has 4 aromatic heterocycles. The molecule has 5 heterocycles. The molecule has 0 atom stereocenters. The van der Waals surface area contributed by atoms with E-state index < -0.39 is 23.8 Å². The molecule has 1 aliphatic carbocycles. The highest BCUT2D eigenvalue weighted by molar-refractivity contribution is 5.94. The number of H-pyrrole nitrogens is 1. The Morgan fingerprint density at radius 3 is 2.69 bits per heavy atom. The molecule has 0 spiro atoms. The molecule has 0 unspecified atom stereocenters. The Hall–Kier alpha value is -4.24. The van der Waals surface area contributed by atoms with Gasteiger partial charge in [-0.15, -0.1) is 0 Å². The summed E-state index contributed by atoms with van der Waals surface area (Å²) in [5, 5.41) is 10.5. The molecular weight excluding hydrogens is 509 g/mol. The van der Waals surface area contributed by atoms with Crippen LogP contribution in [0, 0.1) is 17.1 Å². The third-order valence-corrected chi connectivity index (χ3v) is 7.98. The van der Waals surface area contributed by atoms with Crippen LogP contribution in [0.4, 0.5) is 13.2 Å². The molecule has 1 amide bonds. The number of carbonyl (C=O) groups is 1. The Balaban J connectivity index is 1.12. The number of amides is 1. The smallest absolute Gasteiger partial charge is 0.283 e. The molecule has 2 aliphatic rings. The maximum absolute atomic E-state index is 14.4. The summed E-state index contributed by atoms with van der Waals surface area (Å²) in [6.45, 7) is 1.88. The normalized spacial score (nSPS) is 21.7. The van der Waals surface area contributed by atoms with Crippen LogP contribution >= 0.6 is 0 Å². The molecule has 2 fully saturated rings. The first kappa shape index (κ1) is 25.1. The van der Waals surface area contributed by atoms with Gasteiger partial charge in [-0.25, -0.2) is 23.1 Å². The van der Waals surface area contributed by atoms with Crippen molar-refractivity contribution in [1.29, 1.82) is 5.26 Å². The molecule has 4 aromatic rings. The van der Waals surface area contributed by atoms with E-state index in [0.717, 1.165) is 47.4 Å². The van der Waals surface area contributed by atoms with Gasteiger partial charge in [0.25, 0.3) is 12.3 Å². The number of hydrogen-bond acceptors (Lipinski definition) is 6. The molecule has 0 bridgehead atoms. The van der Waals surface area contributed by atoms with Crippen molar-refractivity contribution in [2.24, 2.45) is 0 Å². The average molecular weight is 535 g/mol. The van der Waals surface area contributed by atoms with Crippen LogP contribution in [0.1, 0.15) is 41.7 Å². The van der Waals surface area contributed by atoms with E-state index in [0.29, 0.717) is 32.6 Å². The summed E-state index contributed by atoms with van der Waals surface area (Å²) < 4.78 is 42.6. The van der Waals surface area contributed by atoms with Crippen LogP contribution in [0.15, 0.2) is 49.3 Å². The number of halogens is 3. The summed E-state index contributed by atoms with van der Waals surface area (Å²) in [6.07, 6.45) is 7.27. The number of nitrogens with zero attached hydrogens (tertiary/aromatic N) is 7. The first-order chi connectivity index (χ1) is 18.9. The zero-order chi connectivity index (χ0) is 27.1. The molecule has 0 aromatic carbocycles. The third kappa shape index (κ3) is 4.32. The van der Waals surface area contributed by atoms with Crippen LogP contribution < -0.4 is 0 Å². The SMILES string of the molecule is N#CCC1(n2ccc(-c3ncnc4[nH]ccc34)c2)CC(N2CCN(C(=O)c3ccnc(C(F)F)c3F)CC2)C1. The minimum absolute atomic E-state index is 0.236. The molecule has 1 N–H and O–H groups in total. The number of nitriles is 1. The number of aromatic nitrogens is 5. The lowest BCUT2D eigenvalue weighted by Crippen LogP contribution is -2.60. The Morgan fingerprint density at radius 1 is 1.15 bits per heavy atom. The monoisotopic (exact) mass is 534 g/mol. The standard InChI is InChI=1S/C27H25F3N8O/c28-21-19(1-6-32-23(21)24(29)30)26(39)37-11-9-36(10-12-37)18-13-27(14-18,4-5-31)38-8-3-17(15-38)22-20-2-7-33-25(20)35-16-34-22/h1-3,6-8,15-16,18,24H,4,9-14H2,(H,33,34,35). The number of alkyl halides is 2. The maximum Gasteiger partial charge on any atom is 0.283 e. The maximum atomic E-state index is 14.4. The molecule has 1 saturated carbocycles. The second kappa shape index (κ2) is 9.81. The fraction of sp³-hybridized carbons (Fsp3) is 0.370. The highest BCUT2D eigenvalue weighted by atomic mass is 19.3. The average Bonchev–Trinajstić information content (AvgIpc) is 3.60. The van der Waals surface area contributed by atoms with Crippen LogP contribution in [-0.2, 0) is 5.54 Å². The van der Waals surface area contributed by atoms with E-state index >= 15 is 0 Å². The van der Waals surface area contributed by atoms with Gasteiger partial charge in [0, 0.05) is 68.0 Å². The van der Waals surface area contributed by atoms with Gasteiger partial charge in [-0.1, -0.05) is 0 Å². The van der Waals surface area contributed by atoms with Gasteiger partial charge in [0.2, 0.25) is 0 Å². The van der Waals surface area contributed by atoms with E-state index in [4.69, 9.17) is 0 Å². The summed E-state index contributed by atoms with van der Waals surface area (Å²) in [7, 11) is 0. The molecule has 39 heavy (non-hydrogen) atoms. The Bertz CT molecular complexity index is 1560. The summed E-state index contributed by atoms with van der Waals surface area (Å²) in [6, 6.07) is 7.67. The van der Waals surface area contributed by atoms with Crippen LogP contribution in [0.5, 0.6) is 0 Å². The van der Waals surface area contributed by atoms with Crippen molar-refractivity contribution in [2.75, 3.05) is 26.2 Å². The number of aromatic amines is 1. The van der Waals surface area contributed by atoms with Crippen molar-refractivity contribution in [2.45, 2.75) is 37.3 Å². The zero-order valence-corrected chi connectivity index (χ0v) is 20.9. The molecule has 6 rings (SSSR count). The molecule has 1 aliphatic heterocycles. The van der Waals surface area contributed by atoms with Gasteiger partial charge in [0.1, 0.15) is 17.7 Å². The number of piperazine rings is 1. The largest absolute Gasteiger partial charge is 0.346 e. The van der Waals surface area contributed by atoms with Crippen molar-refractivity contribution < 1.29 is 18.0 Å². The van der Waals surface area contributed by atoms with Gasteiger partial charge in [-0.3, -0.25) is 14.7 Å². The van der Waals surface area contributed by atoms with Gasteiger partial charge < -0.3 is 14.5 Å². The fourth-order valence-corrected chi connectivity index (χ4v) is 5.84. The number of pyridine rings is 1. The molecular formula is C27H25F3N8O. The van der Waals surface area contributed by atoms with Crippen molar-refractivity contribution >= 4 is 16.9 Å². The van der Waals surface area contributed by atoms with E-state index in [9.17, 15) is 23.2 Å². The zero-order valence-electron chi connectivity index (χ0n) is 20.9. The van der Waals surface area contributed by atoms with Crippen LogP contribution in [-0.4, -0.2) is 72.4 Å². The van der Waals surface area contributed by atoms with E-state index in [2.05, 4.69) is 35.5 Å². The number of carbonyl (C=O) groups excluding carboxylic acids is 1. The second-order valence-electron chi connectivity index (χ2n) is 10.1. The number of nitrogens with one attached hydrogen (secondary N) is 1. The molecule has 9 nitrogen and oxygen atoms in total. The number of hydrogen-bond donors (Lipinski definition) is 1. The summed E-state index contributed by atoms with van der Waals surface area (Å²) >= 11 is 0. The van der Waals surface area contributed by atoms with E-state index in [-0.39, 0.29) is 17.1 Å². The van der Waals surface area contributed by atoms with Crippen LogP contribution in [0.25, 0.3) is 22.3 Å². The topological polar surface area (TPSA) is 107 Å². The van der Waals surface area contributed by atoms with E-state index in [1.54, 1.807) is 0 Å². The number of fused-ring (bicyclic) bond motifs is 1. The number of rotatable bonds is 6. The van der Waals surface area contributed by atoms with Gasteiger partial charge in [0.15, 0.2) is 5.82 Å². The molecule has 1 saturated heterocycles. The minimum atomic E-state index is -3.09. The first-order valence-corrected chi connectivity index (χ1v) is 12.7. The second-order valence-corrected chi connectivity index (χ2v) is 10.1. The third-order valence-electron chi connectivity index (χ3n) is 7.98. The fourth-order valence-electron chi connectivity index (χ4n) is 5.84. The predicted molar refractivity (Wildman–Crippen MR) is 135 cm³/mol. The van der Waals surface area contributed by atoms with Gasteiger partial charge >= 0.3 is 0 Å². The quantitative estimate of drug-likeness (QED) is 0.399. The van der Waals surface area contributed by atoms with E-state index in [1.165, 1.54) is 11.2 Å². The Morgan fingerprint density at radius 2 is 1.95 bits per heavy atom. The van der Waals surface area contributed by atoms with E-state index in [1.807, 2.05) is 30.7 Å². The Labute approximate surface area is 221 Å². The lowest BCUT2D eigenvalue weighted by molar-refractivity contribution is -0.0100. The highest BCUT2D eigenvalue weighted by Gasteiger charge is 2.48. The van der Waals surface area contributed by atoms with Gasteiger partial charge in [-0.05, 0) is 31.0 Å². The Kier molecular flexibility index (Phi) is 6.31. The van der Waals surface area contributed by atoms with Crippen molar-refractivity contribution in [3.05, 3.63) is 66.4 Å². The summed E-state index contributed by atoms with van der Waals surface area (Å²) in [4.78, 5) is 31.8. The van der Waals surface area contributed by atoms with Gasteiger partial charge in [-0.2, -0.15) is 5.26 Å². The highest BCUT2D eigenvalue weighted by Crippen LogP contribution is 2.46.